The maximum atomic E-state index is 5.74. The number of hydrogen-bond donors (Lipinski definition) is 1. The molecule has 1 N–H and O–H groups in total. The van der Waals surface area contributed by atoms with Gasteiger partial charge in [-0.2, -0.15) is 4.98 Å². The number of pyridine rings is 1. The van der Waals surface area contributed by atoms with Crippen molar-refractivity contribution in [1.29, 1.82) is 0 Å². The summed E-state index contributed by atoms with van der Waals surface area (Å²) >= 11 is 0. The summed E-state index contributed by atoms with van der Waals surface area (Å²) in [7, 11) is 0. The van der Waals surface area contributed by atoms with E-state index in [0.29, 0.717) is 38.2 Å². The summed E-state index contributed by atoms with van der Waals surface area (Å²) in [6.45, 7) is 3.98. The number of fused-ring (bicyclic) bond motifs is 1. The molecule has 1 saturated heterocycles. The maximum Gasteiger partial charge on any atom is 0.228 e. The normalized spacial score (nSPS) is 15.8. The van der Waals surface area contributed by atoms with E-state index in [1.54, 1.807) is 12.4 Å². The van der Waals surface area contributed by atoms with E-state index >= 15 is 0 Å². The summed E-state index contributed by atoms with van der Waals surface area (Å²) in [6.07, 6.45) is 3.51. The van der Waals surface area contributed by atoms with Gasteiger partial charge in [0.15, 0.2) is 11.5 Å². The number of aromatic nitrogens is 3. The maximum absolute atomic E-state index is 5.74. The molecule has 1 fully saturated rings. The Bertz CT molecular complexity index is 993. The Kier molecular flexibility index (Phi) is 4.83. The molecule has 148 valence electrons. The van der Waals surface area contributed by atoms with Gasteiger partial charge >= 0.3 is 0 Å². The number of ether oxygens (including phenoxy) is 3. The molecule has 8 heteroatoms. The van der Waals surface area contributed by atoms with Gasteiger partial charge < -0.3 is 24.4 Å². The van der Waals surface area contributed by atoms with Crippen LogP contribution in [0.1, 0.15) is 0 Å². The van der Waals surface area contributed by atoms with Gasteiger partial charge in [-0.05, 0) is 30.3 Å². The number of nitrogens with one attached hydrogen (secondary N) is 1. The van der Waals surface area contributed by atoms with Gasteiger partial charge in [0.05, 0.1) is 30.8 Å². The highest BCUT2D eigenvalue weighted by Crippen LogP contribution is 2.35. The van der Waals surface area contributed by atoms with Crippen LogP contribution in [-0.2, 0) is 4.74 Å². The minimum Gasteiger partial charge on any atom is -0.486 e. The molecular weight excluding hydrogens is 370 g/mol. The summed E-state index contributed by atoms with van der Waals surface area (Å²) in [4.78, 5) is 15.9. The van der Waals surface area contributed by atoms with Crippen molar-refractivity contribution in [2.75, 3.05) is 49.7 Å². The molecule has 0 saturated carbocycles. The zero-order chi connectivity index (χ0) is 19.5. The van der Waals surface area contributed by atoms with E-state index in [1.807, 2.05) is 36.4 Å². The van der Waals surface area contributed by atoms with E-state index in [9.17, 15) is 0 Å². The van der Waals surface area contributed by atoms with Crippen LogP contribution in [0.25, 0.3) is 11.3 Å². The van der Waals surface area contributed by atoms with E-state index in [1.165, 1.54) is 0 Å². The molecule has 0 bridgehead atoms. The summed E-state index contributed by atoms with van der Waals surface area (Å²) in [6, 6.07) is 11.7. The lowest BCUT2D eigenvalue weighted by molar-refractivity contribution is 0.122. The molecule has 0 spiro atoms. The predicted octanol–water partition coefficient (Wildman–Crippen LogP) is 2.89. The van der Waals surface area contributed by atoms with Gasteiger partial charge in [0.1, 0.15) is 19.0 Å². The van der Waals surface area contributed by atoms with Gasteiger partial charge in [0.2, 0.25) is 5.95 Å². The Morgan fingerprint density at radius 2 is 1.76 bits per heavy atom. The van der Waals surface area contributed by atoms with Crippen molar-refractivity contribution in [3.05, 3.63) is 48.8 Å². The van der Waals surface area contributed by atoms with Gasteiger partial charge in [-0.25, -0.2) is 4.98 Å². The minimum atomic E-state index is 0.549. The number of anilines is 3. The molecule has 0 unspecified atom stereocenters. The van der Waals surface area contributed by atoms with Gasteiger partial charge in [-0.15, -0.1) is 0 Å². The third kappa shape index (κ3) is 3.93. The van der Waals surface area contributed by atoms with Crippen LogP contribution in [0.2, 0.25) is 0 Å². The fraction of sp³-hybridized carbons (Fsp3) is 0.286. The third-order valence-electron chi connectivity index (χ3n) is 4.78. The van der Waals surface area contributed by atoms with E-state index in [0.717, 1.165) is 41.5 Å². The average molecular weight is 391 g/mol. The summed E-state index contributed by atoms with van der Waals surface area (Å²) < 4.78 is 16.8. The van der Waals surface area contributed by atoms with Crippen LogP contribution in [0, 0.1) is 0 Å². The largest absolute Gasteiger partial charge is 0.486 e. The number of rotatable bonds is 4. The summed E-state index contributed by atoms with van der Waals surface area (Å²) in [5, 5.41) is 3.33. The SMILES string of the molecule is c1cncc(Nc2cc(-c3ccc4c(c3)OCCO4)nc(N3CCOCC3)n2)c1. The number of nitrogens with zero attached hydrogens (tertiary/aromatic N) is 4. The first-order valence-corrected chi connectivity index (χ1v) is 9.64. The second kappa shape index (κ2) is 7.92. The lowest BCUT2D eigenvalue weighted by Gasteiger charge is -2.27. The number of morpholine rings is 1. The highest BCUT2D eigenvalue weighted by atomic mass is 16.6. The Labute approximate surface area is 168 Å². The van der Waals surface area contributed by atoms with Crippen LogP contribution < -0.4 is 19.7 Å². The molecule has 2 aromatic heterocycles. The second-order valence-corrected chi connectivity index (χ2v) is 6.76. The Morgan fingerprint density at radius 1 is 0.897 bits per heavy atom. The van der Waals surface area contributed by atoms with Gasteiger partial charge in [-0.3, -0.25) is 4.98 Å². The minimum absolute atomic E-state index is 0.549. The van der Waals surface area contributed by atoms with Crippen molar-refractivity contribution in [2.45, 2.75) is 0 Å². The van der Waals surface area contributed by atoms with Crippen LogP contribution in [-0.4, -0.2) is 54.5 Å². The van der Waals surface area contributed by atoms with Crippen LogP contribution in [0.4, 0.5) is 17.5 Å². The molecule has 0 amide bonds. The molecule has 4 heterocycles. The molecular formula is C21H21N5O3. The standard InChI is InChI=1S/C21H21N5O3/c1-2-16(14-22-5-1)23-20-13-17(24-21(25-20)26-6-8-27-9-7-26)15-3-4-18-19(12-15)29-11-10-28-18/h1-5,12-14H,6-11H2,(H,23,24,25). The van der Waals surface area contributed by atoms with Crippen molar-refractivity contribution >= 4 is 17.5 Å². The van der Waals surface area contributed by atoms with Gasteiger partial charge in [-0.1, -0.05) is 0 Å². The highest BCUT2D eigenvalue weighted by Gasteiger charge is 2.18. The summed E-state index contributed by atoms with van der Waals surface area (Å²) in [5.41, 5.74) is 2.62. The van der Waals surface area contributed by atoms with Crippen LogP contribution in [0.3, 0.4) is 0 Å². The molecule has 0 radical (unpaired) electrons. The van der Waals surface area contributed by atoms with E-state index in [4.69, 9.17) is 24.2 Å². The van der Waals surface area contributed by atoms with E-state index < -0.39 is 0 Å². The molecule has 5 rings (SSSR count). The number of benzene rings is 1. The molecule has 2 aliphatic rings. The van der Waals surface area contributed by atoms with Crippen molar-refractivity contribution in [3.8, 4) is 22.8 Å². The Morgan fingerprint density at radius 3 is 2.59 bits per heavy atom. The molecule has 0 atom stereocenters. The van der Waals surface area contributed by atoms with E-state index in [-0.39, 0.29) is 0 Å². The highest BCUT2D eigenvalue weighted by molar-refractivity contribution is 5.69. The zero-order valence-electron chi connectivity index (χ0n) is 15.9. The molecule has 29 heavy (non-hydrogen) atoms. The van der Waals surface area contributed by atoms with Crippen molar-refractivity contribution < 1.29 is 14.2 Å². The van der Waals surface area contributed by atoms with Crippen LogP contribution >= 0.6 is 0 Å². The van der Waals surface area contributed by atoms with Crippen molar-refractivity contribution in [2.24, 2.45) is 0 Å². The quantitative estimate of drug-likeness (QED) is 0.727. The van der Waals surface area contributed by atoms with Crippen LogP contribution in [0.5, 0.6) is 11.5 Å². The predicted molar refractivity (Wildman–Crippen MR) is 109 cm³/mol. The monoisotopic (exact) mass is 391 g/mol. The van der Waals surface area contributed by atoms with Crippen molar-refractivity contribution in [3.63, 3.8) is 0 Å². The average Bonchev–Trinajstić information content (AvgIpc) is 2.80. The molecule has 1 aromatic carbocycles. The lowest BCUT2D eigenvalue weighted by Crippen LogP contribution is -2.37. The number of hydrogen-bond acceptors (Lipinski definition) is 8. The topological polar surface area (TPSA) is 81.6 Å². The molecule has 0 aliphatic carbocycles. The van der Waals surface area contributed by atoms with Crippen LogP contribution in [0.15, 0.2) is 48.8 Å². The second-order valence-electron chi connectivity index (χ2n) is 6.76. The Balaban J connectivity index is 1.53. The smallest absolute Gasteiger partial charge is 0.228 e. The first-order valence-electron chi connectivity index (χ1n) is 9.64. The zero-order valence-corrected chi connectivity index (χ0v) is 15.9. The van der Waals surface area contributed by atoms with E-state index in [2.05, 4.69) is 15.2 Å². The van der Waals surface area contributed by atoms with Crippen molar-refractivity contribution in [1.82, 2.24) is 15.0 Å². The third-order valence-corrected chi connectivity index (χ3v) is 4.78. The van der Waals surface area contributed by atoms with Gasteiger partial charge in [0, 0.05) is 30.9 Å². The fourth-order valence-corrected chi connectivity index (χ4v) is 3.34. The molecule has 2 aliphatic heterocycles. The molecule has 3 aromatic rings. The van der Waals surface area contributed by atoms with Gasteiger partial charge in [0.25, 0.3) is 0 Å². The fourth-order valence-electron chi connectivity index (χ4n) is 3.34. The Hall–Kier alpha value is -3.39. The first-order chi connectivity index (χ1) is 14.3. The first kappa shape index (κ1) is 17.7. The molecule has 8 nitrogen and oxygen atoms in total. The summed E-state index contributed by atoms with van der Waals surface area (Å²) in [5.74, 6) is 2.88. The lowest BCUT2D eigenvalue weighted by atomic mass is 10.1.